The van der Waals surface area contributed by atoms with Gasteiger partial charge in [0.15, 0.2) is 0 Å². The number of aliphatic hydroxyl groups excluding tert-OH is 1. The lowest BCUT2D eigenvalue weighted by Gasteiger charge is -2.48. The number of unbranched alkanes of at least 4 members (excludes halogenated alkanes) is 3. The van der Waals surface area contributed by atoms with Crippen molar-refractivity contribution < 1.29 is 9.84 Å². The molecule has 1 aliphatic rings. The van der Waals surface area contributed by atoms with E-state index < -0.39 is 0 Å². The molecule has 0 aliphatic carbocycles. The molecule has 1 rings (SSSR count). The monoisotopic (exact) mass is 200 g/mol. The van der Waals surface area contributed by atoms with Crippen LogP contribution in [0.1, 0.15) is 52.4 Å². The molecule has 0 saturated carbocycles. The molecule has 1 saturated heterocycles. The van der Waals surface area contributed by atoms with E-state index in [1.165, 1.54) is 25.7 Å². The van der Waals surface area contributed by atoms with Gasteiger partial charge in [-0.2, -0.15) is 0 Å². The van der Waals surface area contributed by atoms with Crippen LogP contribution in [0.5, 0.6) is 0 Å². The highest BCUT2D eigenvalue weighted by Gasteiger charge is 2.45. The van der Waals surface area contributed by atoms with E-state index in [4.69, 9.17) is 4.74 Å². The Morgan fingerprint density at radius 1 is 1.29 bits per heavy atom. The van der Waals surface area contributed by atoms with Crippen LogP contribution in [0.4, 0.5) is 0 Å². The average Bonchev–Trinajstić information content (AvgIpc) is 2.17. The number of ether oxygens (including phenoxy) is 1. The van der Waals surface area contributed by atoms with Crippen molar-refractivity contribution in [3.05, 3.63) is 0 Å². The molecule has 0 amide bonds. The van der Waals surface area contributed by atoms with E-state index >= 15 is 0 Å². The van der Waals surface area contributed by atoms with Gasteiger partial charge in [0.2, 0.25) is 0 Å². The van der Waals surface area contributed by atoms with Crippen LogP contribution in [0.25, 0.3) is 0 Å². The smallest absolute Gasteiger partial charge is 0.0752 e. The van der Waals surface area contributed by atoms with Crippen LogP contribution < -0.4 is 0 Å². The van der Waals surface area contributed by atoms with Crippen LogP contribution in [-0.2, 0) is 4.74 Å². The summed E-state index contributed by atoms with van der Waals surface area (Å²) in [5.74, 6) is 0.397. The fourth-order valence-corrected chi connectivity index (χ4v) is 2.35. The van der Waals surface area contributed by atoms with Crippen LogP contribution in [0.3, 0.4) is 0 Å². The summed E-state index contributed by atoms with van der Waals surface area (Å²) in [6.45, 7) is 5.45. The first-order chi connectivity index (χ1) is 6.79. The summed E-state index contributed by atoms with van der Waals surface area (Å²) in [6, 6.07) is 0. The summed E-state index contributed by atoms with van der Waals surface area (Å²) in [5, 5.41) is 9.18. The minimum absolute atomic E-state index is 0.0302. The van der Waals surface area contributed by atoms with Crippen LogP contribution >= 0.6 is 0 Å². The predicted octanol–water partition coefficient (Wildman–Crippen LogP) is 2.74. The minimum atomic E-state index is 0.0302. The zero-order valence-electron chi connectivity index (χ0n) is 9.59. The molecule has 2 heteroatoms. The van der Waals surface area contributed by atoms with Crippen molar-refractivity contribution in [1.82, 2.24) is 0 Å². The molecule has 1 aliphatic heterocycles. The maximum Gasteiger partial charge on any atom is 0.0752 e. The summed E-state index contributed by atoms with van der Waals surface area (Å²) >= 11 is 0. The lowest BCUT2D eigenvalue weighted by Crippen LogP contribution is -2.54. The van der Waals surface area contributed by atoms with E-state index in [0.29, 0.717) is 12.5 Å². The van der Waals surface area contributed by atoms with Crippen molar-refractivity contribution in [3.63, 3.8) is 0 Å². The van der Waals surface area contributed by atoms with Crippen molar-refractivity contribution in [2.45, 2.75) is 58.0 Å². The van der Waals surface area contributed by atoms with E-state index in [-0.39, 0.29) is 5.60 Å². The number of hydrogen-bond donors (Lipinski definition) is 1. The van der Waals surface area contributed by atoms with Gasteiger partial charge in [-0.3, -0.25) is 0 Å². The quantitative estimate of drug-likeness (QED) is 0.640. The maximum atomic E-state index is 9.18. The Bertz CT molecular complexity index is 152. The number of hydrogen-bond acceptors (Lipinski definition) is 2. The van der Waals surface area contributed by atoms with Crippen LogP contribution in [0.2, 0.25) is 0 Å². The molecule has 1 fully saturated rings. The third-order valence-electron chi connectivity index (χ3n) is 3.59. The summed E-state index contributed by atoms with van der Waals surface area (Å²) in [5.41, 5.74) is 0.0302. The van der Waals surface area contributed by atoms with E-state index in [1.54, 1.807) is 0 Å². The number of aliphatic hydroxyl groups is 1. The zero-order chi connectivity index (χ0) is 10.4. The first kappa shape index (κ1) is 12.0. The molecule has 0 spiro atoms. The molecule has 0 bridgehead atoms. The van der Waals surface area contributed by atoms with Crippen molar-refractivity contribution in [3.8, 4) is 0 Å². The summed E-state index contributed by atoms with van der Waals surface area (Å²) < 4.78 is 5.69. The Balaban J connectivity index is 2.24. The third kappa shape index (κ3) is 2.48. The van der Waals surface area contributed by atoms with Gasteiger partial charge < -0.3 is 9.84 Å². The van der Waals surface area contributed by atoms with E-state index in [2.05, 4.69) is 13.8 Å². The van der Waals surface area contributed by atoms with Gasteiger partial charge in [-0.05, 0) is 12.8 Å². The first-order valence-electron chi connectivity index (χ1n) is 6.04. The molecular formula is C12H24O2. The van der Waals surface area contributed by atoms with Gasteiger partial charge in [0.1, 0.15) is 0 Å². The second-order valence-electron chi connectivity index (χ2n) is 4.42. The Hall–Kier alpha value is -0.0800. The Morgan fingerprint density at radius 3 is 2.50 bits per heavy atom. The van der Waals surface area contributed by atoms with Gasteiger partial charge in [0, 0.05) is 5.92 Å². The number of rotatable bonds is 7. The van der Waals surface area contributed by atoms with Crippen LogP contribution in [0, 0.1) is 5.92 Å². The zero-order valence-corrected chi connectivity index (χ0v) is 9.59. The van der Waals surface area contributed by atoms with Gasteiger partial charge >= 0.3 is 0 Å². The molecule has 0 aromatic carbocycles. The van der Waals surface area contributed by atoms with Gasteiger partial charge in [0.25, 0.3) is 0 Å². The second kappa shape index (κ2) is 5.72. The molecule has 1 N–H and O–H groups in total. The van der Waals surface area contributed by atoms with Crippen molar-refractivity contribution in [1.29, 1.82) is 0 Å². The fourth-order valence-electron chi connectivity index (χ4n) is 2.35. The Labute approximate surface area is 87.7 Å². The average molecular weight is 200 g/mol. The topological polar surface area (TPSA) is 29.5 Å². The van der Waals surface area contributed by atoms with Crippen molar-refractivity contribution >= 4 is 0 Å². The Kier molecular flexibility index (Phi) is 4.90. The fraction of sp³-hybridized carbons (Fsp3) is 1.00. The molecule has 2 nitrogen and oxygen atoms in total. The Morgan fingerprint density at radius 2 is 2.07 bits per heavy atom. The molecule has 0 aromatic rings. The van der Waals surface area contributed by atoms with E-state index in [0.717, 1.165) is 19.4 Å². The lowest BCUT2D eigenvalue weighted by atomic mass is 9.77. The third-order valence-corrected chi connectivity index (χ3v) is 3.59. The SMILES string of the molecule is CCCCCCC1(CC)OCC1CO. The minimum Gasteiger partial charge on any atom is -0.396 e. The molecular weight excluding hydrogens is 176 g/mol. The predicted molar refractivity (Wildman–Crippen MR) is 58.3 cm³/mol. The van der Waals surface area contributed by atoms with Crippen LogP contribution in [0.15, 0.2) is 0 Å². The van der Waals surface area contributed by atoms with Crippen LogP contribution in [-0.4, -0.2) is 23.9 Å². The normalized spacial score (nSPS) is 31.5. The molecule has 14 heavy (non-hydrogen) atoms. The largest absolute Gasteiger partial charge is 0.396 e. The second-order valence-corrected chi connectivity index (χ2v) is 4.42. The summed E-state index contributed by atoms with van der Waals surface area (Å²) in [7, 11) is 0. The van der Waals surface area contributed by atoms with Gasteiger partial charge in [-0.15, -0.1) is 0 Å². The maximum absolute atomic E-state index is 9.18. The van der Waals surface area contributed by atoms with Gasteiger partial charge in [0.05, 0.1) is 18.8 Å². The molecule has 2 atom stereocenters. The summed E-state index contributed by atoms with van der Waals surface area (Å²) in [6.07, 6.45) is 7.34. The molecule has 1 heterocycles. The molecule has 84 valence electrons. The van der Waals surface area contributed by atoms with E-state index in [1.807, 2.05) is 0 Å². The van der Waals surface area contributed by atoms with Crippen molar-refractivity contribution in [2.75, 3.05) is 13.2 Å². The highest BCUT2D eigenvalue weighted by molar-refractivity contribution is 4.94. The van der Waals surface area contributed by atoms with E-state index in [9.17, 15) is 5.11 Å². The van der Waals surface area contributed by atoms with Crippen molar-refractivity contribution in [2.24, 2.45) is 5.92 Å². The highest BCUT2D eigenvalue weighted by atomic mass is 16.5. The van der Waals surface area contributed by atoms with Gasteiger partial charge in [-0.1, -0.05) is 39.5 Å². The summed E-state index contributed by atoms with van der Waals surface area (Å²) in [4.78, 5) is 0. The molecule has 0 aromatic heterocycles. The standard InChI is InChI=1S/C12H24O2/c1-3-5-6-7-8-12(4-2)11(9-13)10-14-12/h11,13H,3-10H2,1-2H3. The molecule has 0 radical (unpaired) electrons. The highest BCUT2D eigenvalue weighted by Crippen LogP contribution is 2.40. The molecule has 2 unspecified atom stereocenters. The first-order valence-corrected chi connectivity index (χ1v) is 6.04. The lowest BCUT2D eigenvalue weighted by molar-refractivity contribution is -0.221. The van der Waals surface area contributed by atoms with Gasteiger partial charge in [-0.25, -0.2) is 0 Å².